The number of rotatable bonds is 8. The molecule has 0 unspecified atom stereocenters. The summed E-state index contributed by atoms with van der Waals surface area (Å²) in [6.07, 6.45) is 4.57. The molecule has 3 fully saturated rings. The number of primary amides is 1. The molecule has 0 aromatic heterocycles. The number of morpholine rings is 1. The molecule has 1 heterocycles. The second kappa shape index (κ2) is 7.89. The van der Waals surface area contributed by atoms with Crippen molar-refractivity contribution in [3.63, 3.8) is 0 Å². The molecule has 2 saturated carbocycles. The van der Waals surface area contributed by atoms with E-state index in [0.29, 0.717) is 30.7 Å². The molecule has 28 heavy (non-hydrogen) atoms. The van der Waals surface area contributed by atoms with Gasteiger partial charge in [-0.1, -0.05) is 0 Å². The molecule has 8 heteroatoms. The Balaban J connectivity index is 1.39. The van der Waals surface area contributed by atoms with E-state index in [2.05, 4.69) is 10.6 Å². The quantitative estimate of drug-likeness (QED) is 0.567. The van der Waals surface area contributed by atoms with Crippen molar-refractivity contribution >= 4 is 29.1 Å². The molecule has 1 aromatic rings. The fourth-order valence-corrected chi connectivity index (χ4v) is 3.78. The highest BCUT2D eigenvalue weighted by atomic mass is 16.5. The van der Waals surface area contributed by atoms with Crippen molar-refractivity contribution in [2.24, 2.45) is 17.6 Å². The van der Waals surface area contributed by atoms with E-state index in [9.17, 15) is 14.4 Å². The number of anilines is 2. The molecule has 150 valence electrons. The van der Waals surface area contributed by atoms with E-state index >= 15 is 0 Å². The van der Waals surface area contributed by atoms with Gasteiger partial charge >= 0.3 is 0 Å². The molecule has 4 N–H and O–H groups in total. The molecule has 0 radical (unpaired) electrons. The van der Waals surface area contributed by atoms with Crippen LogP contribution in [0.2, 0.25) is 0 Å². The van der Waals surface area contributed by atoms with Gasteiger partial charge in [-0.2, -0.15) is 0 Å². The summed E-state index contributed by atoms with van der Waals surface area (Å²) in [6.45, 7) is 1.08. The number of hydrogen-bond acceptors (Lipinski definition) is 5. The van der Waals surface area contributed by atoms with Crippen LogP contribution in [0.25, 0.3) is 0 Å². The molecule has 1 aromatic carbocycles. The third-order valence-electron chi connectivity index (χ3n) is 5.60. The summed E-state index contributed by atoms with van der Waals surface area (Å²) < 4.78 is 5.13. The summed E-state index contributed by atoms with van der Waals surface area (Å²) in [6, 6.07) is 6.11. The highest BCUT2D eigenvalue weighted by Gasteiger charge is 2.43. The first-order valence-electron chi connectivity index (χ1n) is 9.87. The molecule has 0 spiro atoms. The maximum absolute atomic E-state index is 12.7. The van der Waals surface area contributed by atoms with Gasteiger partial charge in [-0.25, -0.2) is 0 Å². The van der Waals surface area contributed by atoms with Crippen LogP contribution >= 0.6 is 0 Å². The zero-order chi connectivity index (χ0) is 19.7. The van der Waals surface area contributed by atoms with Crippen LogP contribution in [0.4, 0.5) is 11.4 Å². The molecule has 3 aliphatic rings. The first kappa shape index (κ1) is 18.9. The third kappa shape index (κ3) is 4.34. The minimum Gasteiger partial charge on any atom is -0.370 e. The lowest BCUT2D eigenvalue weighted by Crippen LogP contribution is -2.54. The number of carbonyl (C=O) groups is 3. The van der Waals surface area contributed by atoms with Gasteiger partial charge in [0.25, 0.3) is 11.8 Å². The Morgan fingerprint density at radius 1 is 1.11 bits per heavy atom. The van der Waals surface area contributed by atoms with Gasteiger partial charge in [0.15, 0.2) is 6.04 Å². The van der Waals surface area contributed by atoms with Crippen molar-refractivity contribution in [2.75, 3.05) is 30.0 Å². The van der Waals surface area contributed by atoms with Crippen LogP contribution < -0.4 is 21.3 Å². The van der Waals surface area contributed by atoms with Gasteiger partial charge in [-0.05, 0) is 61.8 Å². The standard InChI is InChI=1S/C20H26N4O4/c21-19(26)18(23-17(12-1-2-12)13-3-4-13)20(27)22-14-5-7-15(8-6-14)24-9-10-28-11-16(24)25/h5-8,12-13,17-18,23H,1-4,9-11H2,(H2,21,26)(H,22,27)/t18-/m0/s1. The summed E-state index contributed by atoms with van der Waals surface area (Å²) >= 11 is 0. The number of nitrogens with one attached hydrogen (secondary N) is 2. The second-order valence-electron chi connectivity index (χ2n) is 7.84. The number of nitrogens with zero attached hydrogens (tertiary/aromatic N) is 1. The van der Waals surface area contributed by atoms with Crippen molar-refractivity contribution in [1.82, 2.24) is 5.32 Å². The normalized spacial score (nSPS) is 20.9. The van der Waals surface area contributed by atoms with Crippen LogP contribution in [-0.4, -0.2) is 49.6 Å². The fraction of sp³-hybridized carbons (Fsp3) is 0.550. The Morgan fingerprint density at radius 3 is 2.29 bits per heavy atom. The average Bonchev–Trinajstić information content (AvgIpc) is 3.57. The molecule has 1 saturated heterocycles. The SMILES string of the molecule is NC(=O)[C@H](NC(C1CC1)C1CC1)C(=O)Nc1ccc(N2CCOCC2=O)cc1. The lowest BCUT2D eigenvalue weighted by molar-refractivity contribution is -0.128. The van der Waals surface area contributed by atoms with E-state index in [1.807, 2.05) is 0 Å². The molecule has 1 atom stereocenters. The summed E-state index contributed by atoms with van der Waals surface area (Å²) in [4.78, 5) is 38.1. The van der Waals surface area contributed by atoms with Gasteiger partial charge < -0.3 is 20.7 Å². The Labute approximate surface area is 163 Å². The zero-order valence-corrected chi connectivity index (χ0v) is 15.7. The monoisotopic (exact) mass is 386 g/mol. The number of ether oxygens (including phenoxy) is 1. The predicted octanol–water partition coefficient (Wildman–Crippen LogP) is 0.620. The Hall–Kier alpha value is -2.45. The first-order valence-corrected chi connectivity index (χ1v) is 9.87. The maximum Gasteiger partial charge on any atom is 0.253 e. The summed E-state index contributed by atoms with van der Waals surface area (Å²) in [5.41, 5.74) is 6.80. The molecule has 1 aliphatic heterocycles. The largest absolute Gasteiger partial charge is 0.370 e. The van der Waals surface area contributed by atoms with Crippen molar-refractivity contribution in [1.29, 1.82) is 0 Å². The summed E-state index contributed by atoms with van der Waals surface area (Å²) in [5.74, 6) is -0.111. The van der Waals surface area contributed by atoms with E-state index in [4.69, 9.17) is 10.5 Å². The number of hydrogen-bond donors (Lipinski definition) is 3. The summed E-state index contributed by atoms with van der Waals surface area (Å²) in [7, 11) is 0. The van der Waals surface area contributed by atoms with Crippen LogP contribution in [0.15, 0.2) is 24.3 Å². The van der Waals surface area contributed by atoms with Gasteiger partial charge in [-0.3, -0.25) is 19.7 Å². The molecular formula is C20H26N4O4. The Kier molecular flexibility index (Phi) is 5.32. The lowest BCUT2D eigenvalue weighted by Gasteiger charge is -2.27. The zero-order valence-electron chi connectivity index (χ0n) is 15.7. The molecule has 0 bridgehead atoms. The highest BCUT2D eigenvalue weighted by molar-refractivity contribution is 6.09. The van der Waals surface area contributed by atoms with Crippen LogP contribution in [0, 0.1) is 11.8 Å². The van der Waals surface area contributed by atoms with Crippen molar-refractivity contribution < 1.29 is 19.1 Å². The van der Waals surface area contributed by atoms with Gasteiger partial charge in [0, 0.05) is 24.0 Å². The fourth-order valence-electron chi connectivity index (χ4n) is 3.78. The number of nitrogens with two attached hydrogens (primary N) is 1. The molecule has 8 nitrogen and oxygen atoms in total. The number of amides is 3. The van der Waals surface area contributed by atoms with E-state index in [-0.39, 0.29) is 18.6 Å². The highest BCUT2D eigenvalue weighted by Crippen LogP contribution is 2.44. The third-order valence-corrected chi connectivity index (χ3v) is 5.60. The van der Waals surface area contributed by atoms with Crippen LogP contribution in [-0.2, 0) is 19.1 Å². The van der Waals surface area contributed by atoms with E-state index in [1.165, 1.54) is 0 Å². The Bertz CT molecular complexity index is 746. The van der Waals surface area contributed by atoms with Crippen molar-refractivity contribution in [3.05, 3.63) is 24.3 Å². The molecular weight excluding hydrogens is 360 g/mol. The van der Waals surface area contributed by atoms with Gasteiger partial charge in [0.1, 0.15) is 6.61 Å². The number of carbonyl (C=O) groups excluding carboxylic acids is 3. The van der Waals surface area contributed by atoms with Gasteiger partial charge in [0.2, 0.25) is 5.91 Å². The van der Waals surface area contributed by atoms with Gasteiger partial charge in [-0.15, -0.1) is 0 Å². The number of benzene rings is 1. The predicted molar refractivity (Wildman–Crippen MR) is 104 cm³/mol. The topological polar surface area (TPSA) is 114 Å². The van der Waals surface area contributed by atoms with Crippen LogP contribution in [0.3, 0.4) is 0 Å². The summed E-state index contributed by atoms with van der Waals surface area (Å²) in [5, 5.41) is 5.97. The van der Waals surface area contributed by atoms with E-state index < -0.39 is 17.9 Å². The molecule has 2 aliphatic carbocycles. The van der Waals surface area contributed by atoms with Gasteiger partial charge in [0.05, 0.1) is 6.61 Å². The van der Waals surface area contributed by atoms with E-state index in [0.717, 1.165) is 31.4 Å². The van der Waals surface area contributed by atoms with Crippen LogP contribution in [0.1, 0.15) is 25.7 Å². The van der Waals surface area contributed by atoms with Crippen molar-refractivity contribution in [3.8, 4) is 0 Å². The molecule has 4 rings (SSSR count). The lowest BCUT2D eigenvalue weighted by atomic mass is 10.1. The average molecular weight is 386 g/mol. The maximum atomic E-state index is 12.7. The van der Waals surface area contributed by atoms with Crippen molar-refractivity contribution in [2.45, 2.75) is 37.8 Å². The Morgan fingerprint density at radius 2 is 1.75 bits per heavy atom. The van der Waals surface area contributed by atoms with E-state index in [1.54, 1.807) is 29.2 Å². The van der Waals surface area contributed by atoms with Crippen LogP contribution in [0.5, 0.6) is 0 Å². The minimum atomic E-state index is -1.05. The smallest absolute Gasteiger partial charge is 0.253 e. The first-order chi connectivity index (χ1) is 13.5. The minimum absolute atomic E-state index is 0.0770. The second-order valence-corrected chi connectivity index (χ2v) is 7.84. The molecule has 3 amide bonds.